The molecule has 2 heterocycles. The first kappa shape index (κ1) is 39.0. The zero-order valence-electron chi connectivity index (χ0n) is 37.5. The number of benzene rings is 12. The van der Waals surface area contributed by atoms with Gasteiger partial charge in [0, 0.05) is 33.0 Å². The maximum atomic E-state index is 5.51. The predicted octanol–water partition coefficient (Wildman–Crippen LogP) is 17.7. The van der Waals surface area contributed by atoms with Gasteiger partial charge in [0.15, 0.2) is 5.82 Å². The van der Waals surface area contributed by atoms with Crippen molar-refractivity contribution in [3.05, 3.63) is 249 Å². The number of para-hydroxylation sites is 1. The first-order valence-corrected chi connectivity index (χ1v) is 23.6. The lowest BCUT2D eigenvalue weighted by atomic mass is 9.93. The molecule has 14 rings (SSSR count). The predicted molar refractivity (Wildman–Crippen MR) is 291 cm³/mol. The molecule has 0 spiro atoms. The van der Waals surface area contributed by atoms with E-state index in [0.717, 1.165) is 66.4 Å². The summed E-state index contributed by atoms with van der Waals surface area (Å²) in [5.74, 6) is 0.697. The van der Waals surface area contributed by atoms with Gasteiger partial charge in [-0.3, -0.25) is 0 Å². The van der Waals surface area contributed by atoms with E-state index in [1.54, 1.807) is 0 Å². The van der Waals surface area contributed by atoms with Crippen LogP contribution >= 0.6 is 0 Å². The minimum atomic E-state index is 0.697. The van der Waals surface area contributed by atoms with Crippen LogP contribution in [0.25, 0.3) is 138 Å². The molecule has 2 aromatic heterocycles. The number of hydrogen-bond acceptors (Lipinski definition) is 2. The van der Waals surface area contributed by atoms with Crippen molar-refractivity contribution in [3.63, 3.8) is 0 Å². The molecular formula is C66H41N3. The second-order valence-corrected chi connectivity index (χ2v) is 18.1. The van der Waals surface area contributed by atoms with E-state index < -0.39 is 0 Å². The lowest BCUT2D eigenvalue weighted by Crippen LogP contribution is -1.98. The summed E-state index contributed by atoms with van der Waals surface area (Å²) in [7, 11) is 0. The summed E-state index contributed by atoms with van der Waals surface area (Å²) in [4.78, 5) is 10.8. The van der Waals surface area contributed by atoms with Crippen LogP contribution in [0.3, 0.4) is 0 Å². The van der Waals surface area contributed by atoms with Gasteiger partial charge in [-0.25, -0.2) is 9.97 Å². The van der Waals surface area contributed by atoms with E-state index >= 15 is 0 Å². The van der Waals surface area contributed by atoms with Crippen LogP contribution in [-0.4, -0.2) is 14.5 Å². The molecule has 0 N–H and O–H groups in total. The molecule has 320 valence electrons. The standard InChI is InChI=1S/C66H41N3/c1-3-16-42(17-4-1)49-37-50(43-18-5-2-6-19-43)39-51(38-49)65-58-27-13-14-29-60(58)67-66(68-65)57-28-15-23-47-40-52(33-34-53(47)57)69-61-35-32-45-21-9-10-24-54(45)63(61)64-56-26-12-11-25-55(56)59(41-62(64)69)48-31-30-44-20-7-8-22-46(44)36-48/h1-41H. The van der Waals surface area contributed by atoms with Gasteiger partial charge in [0.1, 0.15) is 0 Å². The maximum Gasteiger partial charge on any atom is 0.161 e. The van der Waals surface area contributed by atoms with E-state index in [2.05, 4.69) is 253 Å². The third kappa shape index (κ3) is 6.43. The number of fused-ring (bicyclic) bond motifs is 10. The van der Waals surface area contributed by atoms with Crippen molar-refractivity contribution in [1.29, 1.82) is 0 Å². The monoisotopic (exact) mass is 875 g/mol. The Labute approximate surface area is 398 Å². The Morgan fingerprint density at radius 1 is 0.275 bits per heavy atom. The van der Waals surface area contributed by atoms with Crippen molar-refractivity contribution in [1.82, 2.24) is 14.5 Å². The molecule has 0 fully saturated rings. The van der Waals surface area contributed by atoms with Gasteiger partial charge in [-0.2, -0.15) is 0 Å². The van der Waals surface area contributed by atoms with Gasteiger partial charge < -0.3 is 4.57 Å². The van der Waals surface area contributed by atoms with Gasteiger partial charge in [-0.05, 0) is 131 Å². The number of aromatic nitrogens is 3. The van der Waals surface area contributed by atoms with Crippen LogP contribution in [0.1, 0.15) is 0 Å². The van der Waals surface area contributed by atoms with Gasteiger partial charge in [0.2, 0.25) is 0 Å². The Balaban J connectivity index is 0.982. The van der Waals surface area contributed by atoms with Gasteiger partial charge in [0.05, 0.1) is 22.2 Å². The molecule has 0 saturated carbocycles. The molecule has 3 heteroatoms. The average molecular weight is 876 g/mol. The fourth-order valence-electron chi connectivity index (χ4n) is 10.9. The number of nitrogens with zero attached hydrogens (tertiary/aromatic N) is 3. The largest absolute Gasteiger partial charge is 0.309 e. The SMILES string of the molecule is c1ccc(-c2cc(-c3ccccc3)cc(-c3nc(-c4cccc5cc(-n6c7ccc8ccccc8c7c7c8ccccc8c(-c8ccc9ccccc9c8)cc76)ccc45)nc4ccccc34)c2)cc1. The van der Waals surface area contributed by atoms with Gasteiger partial charge in [0.25, 0.3) is 0 Å². The van der Waals surface area contributed by atoms with E-state index in [1.807, 2.05) is 0 Å². The summed E-state index contributed by atoms with van der Waals surface area (Å²) in [5, 5.41) is 13.2. The second kappa shape index (κ2) is 15.7. The third-order valence-corrected chi connectivity index (χ3v) is 14.1. The zero-order valence-corrected chi connectivity index (χ0v) is 37.5. The fourth-order valence-corrected chi connectivity index (χ4v) is 10.9. The number of hydrogen-bond donors (Lipinski definition) is 0. The molecule has 0 atom stereocenters. The van der Waals surface area contributed by atoms with Gasteiger partial charge in [-0.1, -0.05) is 194 Å². The normalized spacial score (nSPS) is 11.8. The van der Waals surface area contributed by atoms with Crippen molar-refractivity contribution in [3.8, 4) is 61.7 Å². The van der Waals surface area contributed by atoms with Gasteiger partial charge >= 0.3 is 0 Å². The van der Waals surface area contributed by atoms with Crippen LogP contribution in [0, 0.1) is 0 Å². The highest BCUT2D eigenvalue weighted by atomic mass is 15.0. The molecular weight excluding hydrogens is 835 g/mol. The van der Waals surface area contributed by atoms with Crippen molar-refractivity contribution >= 4 is 75.8 Å². The van der Waals surface area contributed by atoms with Gasteiger partial charge in [-0.15, -0.1) is 0 Å². The van der Waals surface area contributed by atoms with E-state index in [-0.39, 0.29) is 0 Å². The second-order valence-electron chi connectivity index (χ2n) is 18.1. The molecule has 0 unspecified atom stereocenters. The fraction of sp³-hybridized carbons (Fsp3) is 0. The topological polar surface area (TPSA) is 30.7 Å². The van der Waals surface area contributed by atoms with Crippen LogP contribution in [0.2, 0.25) is 0 Å². The summed E-state index contributed by atoms with van der Waals surface area (Å²) in [6, 6.07) is 90.1. The number of rotatable bonds is 6. The molecule has 0 aliphatic rings. The van der Waals surface area contributed by atoms with Crippen molar-refractivity contribution in [2.45, 2.75) is 0 Å². The molecule has 0 aliphatic carbocycles. The van der Waals surface area contributed by atoms with Crippen LogP contribution in [0.5, 0.6) is 0 Å². The van der Waals surface area contributed by atoms with Crippen LogP contribution in [-0.2, 0) is 0 Å². The Morgan fingerprint density at radius 2 is 0.884 bits per heavy atom. The smallest absolute Gasteiger partial charge is 0.161 e. The van der Waals surface area contributed by atoms with Crippen molar-refractivity contribution in [2.75, 3.05) is 0 Å². The molecule has 0 radical (unpaired) electrons. The summed E-state index contributed by atoms with van der Waals surface area (Å²) < 4.78 is 2.48. The summed E-state index contributed by atoms with van der Waals surface area (Å²) >= 11 is 0. The Kier molecular flexibility index (Phi) is 8.90. The highest BCUT2D eigenvalue weighted by molar-refractivity contribution is 6.30. The van der Waals surface area contributed by atoms with Crippen LogP contribution < -0.4 is 0 Å². The van der Waals surface area contributed by atoms with Crippen molar-refractivity contribution in [2.24, 2.45) is 0 Å². The molecule has 0 bridgehead atoms. The van der Waals surface area contributed by atoms with E-state index in [0.29, 0.717) is 5.82 Å². The molecule has 0 saturated heterocycles. The molecule has 0 amide bonds. The van der Waals surface area contributed by atoms with E-state index in [9.17, 15) is 0 Å². The minimum Gasteiger partial charge on any atom is -0.309 e. The Hall–Kier alpha value is -9.18. The average Bonchev–Trinajstić information content (AvgIpc) is 3.77. The summed E-state index contributed by atoms with van der Waals surface area (Å²) in [5.41, 5.74) is 14.3. The zero-order chi connectivity index (χ0) is 45.4. The lowest BCUT2D eigenvalue weighted by Gasteiger charge is -2.15. The summed E-state index contributed by atoms with van der Waals surface area (Å²) in [6.07, 6.45) is 0. The van der Waals surface area contributed by atoms with Crippen LogP contribution in [0.4, 0.5) is 0 Å². The highest BCUT2D eigenvalue weighted by Crippen LogP contribution is 2.45. The first-order chi connectivity index (χ1) is 34.2. The first-order valence-electron chi connectivity index (χ1n) is 23.6. The Morgan fingerprint density at radius 3 is 1.67 bits per heavy atom. The molecule has 0 aliphatic heterocycles. The maximum absolute atomic E-state index is 5.51. The quantitative estimate of drug-likeness (QED) is 0.167. The molecule has 14 aromatic rings. The molecule has 3 nitrogen and oxygen atoms in total. The molecule has 69 heavy (non-hydrogen) atoms. The molecule has 12 aromatic carbocycles. The highest BCUT2D eigenvalue weighted by Gasteiger charge is 2.21. The summed E-state index contributed by atoms with van der Waals surface area (Å²) in [6.45, 7) is 0. The third-order valence-electron chi connectivity index (χ3n) is 14.1. The van der Waals surface area contributed by atoms with Crippen molar-refractivity contribution < 1.29 is 0 Å². The minimum absolute atomic E-state index is 0.697. The van der Waals surface area contributed by atoms with E-state index in [1.165, 1.54) is 65.3 Å². The van der Waals surface area contributed by atoms with E-state index in [4.69, 9.17) is 9.97 Å². The Bertz CT molecular complexity index is 4300. The van der Waals surface area contributed by atoms with Crippen LogP contribution in [0.15, 0.2) is 249 Å². The lowest BCUT2D eigenvalue weighted by molar-refractivity contribution is 1.19.